The molecule has 1 fully saturated rings. The first-order chi connectivity index (χ1) is 14.4. The highest BCUT2D eigenvalue weighted by Gasteiger charge is 2.31. The molecule has 0 spiro atoms. The molecule has 1 saturated heterocycles. The summed E-state index contributed by atoms with van der Waals surface area (Å²) in [6.07, 6.45) is 2.54. The van der Waals surface area contributed by atoms with Gasteiger partial charge in [0.15, 0.2) is 6.23 Å². The minimum atomic E-state index is -0.987. The van der Waals surface area contributed by atoms with E-state index in [2.05, 4.69) is 9.97 Å². The largest absolute Gasteiger partial charge is 0.398 e. The van der Waals surface area contributed by atoms with Crippen LogP contribution in [0.3, 0.4) is 0 Å². The van der Waals surface area contributed by atoms with Crippen LogP contribution in [-0.2, 0) is 0 Å². The number of anilines is 1. The fourth-order valence-corrected chi connectivity index (χ4v) is 4.72. The van der Waals surface area contributed by atoms with Gasteiger partial charge in [0, 0.05) is 47.3 Å². The van der Waals surface area contributed by atoms with Crippen molar-refractivity contribution in [1.82, 2.24) is 14.9 Å². The van der Waals surface area contributed by atoms with Crippen LogP contribution in [0.1, 0.15) is 34.5 Å². The van der Waals surface area contributed by atoms with E-state index in [0.29, 0.717) is 52.0 Å². The molecule has 0 bridgehead atoms. The Hall–Kier alpha value is -2.36. The first kappa shape index (κ1) is 20.9. The number of halogens is 1. The van der Waals surface area contributed by atoms with E-state index in [4.69, 9.17) is 22.7 Å². The molecule has 7 nitrogen and oxygen atoms in total. The Morgan fingerprint density at radius 3 is 2.87 bits per heavy atom. The molecule has 1 unspecified atom stereocenters. The fraction of sp³-hybridized carbons (Fsp3) is 0.286. The van der Waals surface area contributed by atoms with Gasteiger partial charge in [-0.2, -0.15) is 0 Å². The molecule has 3 aromatic rings. The number of likely N-dealkylation sites (tertiary alicyclic amines) is 1. The second-order valence-corrected chi connectivity index (χ2v) is 8.70. The highest BCUT2D eigenvalue weighted by molar-refractivity contribution is 7.17. The number of benzene rings is 1. The Labute approximate surface area is 183 Å². The topological polar surface area (TPSA) is 119 Å². The summed E-state index contributed by atoms with van der Waals surface area (Å²) in [6.45, 7) is 2.76. The van der Waals surface area contributed by atoms with Gasteiger partial charge in [-0.15, -0.1) is 11.3 Å². The number of rotatable bonds is 5. The van der Waals surface area contributed by atoms with Gasteiger partial charge in [0.1, 0.15) is 10.7 Å². The molecular weight excluding hydrogens is 422 g/mol. The van der Waals surface area contributed by atoms with Crippen LogP contribution in [0.25, 0.3) is 10.4 Å². The number of hydrogen-bond acceptors (Lipinski definition) is 8. The van der Waals surface area contributed by atoms with Crippen LogP contribution < -0.4 is 5.73 Å². The first-order valence-corrected chi connectivity index (χ1v) is 10.7. The molecule has 1 aromatic carbocycles. The van der Waals surface area contributed by atoms with Crippen LogP contribution >= 0.6 is 22.9 Å². The van der Waals surface area contributed by atoms with Crippen LogP contribution in [0.15, 0.2) is 36.7 Å². The van der Waals surface area contributed by atoms with Gasteiger partial charge in [-0.1, -0.05) is 17.7 Å². The lowest BCUT2D eigenvalue weighted by atomic mass is 10.0. The number of β-amino-alcohol motifs (C(OH)–C–C–N with tert-alkyl or cyclic N) is 1. The van der Waals surface area contributed by atoms with Crippen molar-refractivity contribution in [2.75, 3.05) is 18.8 Å². The third-order valence-corrected chi connectivity index (χ3v) is 6.84. The lowest BCUT2D eigenvalue weighted by molar-refractivity contribution is 0.00793. The summed E-state index contributed by atoms with van der Waals surface area (Å²) in [6, 6.07) is 7.14. The number of hydrogen-bond donors (Lipinski definition) is 4. The zero-order chi connectivity index (χ0) is 21.4. The van der Waals surface area contributed by atoms with E-state index in [1.165, 1.54) is 11.3 Å². The predicted molar refractivity (Wildman–Crippen MR) is 119 cm³/mol. The summed E-state index contributed by atoms with van der Waals surface area (Å²) >= 11 is 7.45. The van der Waals surface area contributed by atoms with Crippen LogP contribution in [-0.4, -0.2) is 50.0 Å². The monoisotopic (exact) mass is 443 g/mol. The van der Waals surface area contributed by atoms with Gasteiger partial charge in [-0.3, -0.25) is 15.3 Å². The maximum absolute atomic E-state index is 11.0. The fourth-order valence-electron chi connectivity index (χ4n) is 3.52. The standard InChI is InChI=1S/C21H22ClN5O2S/c1-11-15(22)5-4-14(16(11)23)17(24)20-26-18(21(29)27-8-6-13(28)10-27)19(30-20)12-3-2-7-25-9-12/h2-5,7,9,13,21,24,28-29H,6,8,10,23H2,1H3/t13-,21?/m1/s1. The predicted octanol–water partition coefficient (Wildman–Crippen LogP) is 3.22. The highest BCUT2D eigenvalue weighted by Crippen LogP contribution is 2.37. The molecule has 2 aromatic heterocycles. The molecule has 5 N–H and O–H groups in total. The minimum Gasteiger partial charge on any atom is -0.398 e. The number of nitrogen functional groups attached to an aromatic ring is 1. The molecule has 1 aliphatic rings. The number of aliphatic hydroxyl groups excluding tert-OH is 2. The van der Waals surface area contributed by atoms with Crippen LogP contribution in [0.5, 0.6) is 0 Å². The van der Waals surface area contributed by atoms with Gasteiger partial charge in [-0.05, 0) is 37.1 Å². The van der Waals surface area contributed by atoms with E-state index in [-0.39, 0.29) is 5.71 Å². The Morgan fingerprint density at radius 2 is 2.20 bits per heavy atom. The molecule has 0 amide bonds. The second kappa shape index (κ2) is 8.41. The zero-order valence-corrected chi connectivity index (χ0v) is 17.9. The van der Waals surface area contributed by atoms with Crippen molar-refractivity contribution >= 4 is 34.3 Å². The van der Waals surface area contributed by atoms with Gasteiger partial charge >= 0.3 is 0 Å². The van der Waals surface area contributed by atoms with Crippen molar-refractivity contribution in [2.24, 2.45) is 0 Å². The molecule has 3 heterocycles. The van der Waals surface area contributed by atoms with E-state index in [9.17, 15) is 10.2 Å². The van der Waals surface area contributed by atoms with Crippen molar-refractivity contribution in [3.63, 3.8) is 0 Å². The van der Waals surface area contributed by atoms with Crippen molar-refractivity contribution in [2.45, 2.75) is 25.7 Å². The van der Waals surface area contributed by atoms with Crippen LogP contribution in [0.2, 0.25) is 5.02 Å². The number of aromatic nitrogens is 2. The zero-order valence-electron chi connectivity index (χ0n) is 16.3. The molecular formula is C21H22ClN5O2S. The molecule has 0 radical (unpaired) electrons. The van der Waals surface area contributed by atoms with Crippen molar-refractivity contribution in [1.29, 1.82) is 5.41 Å². The number of thiazole rings is 1. The second-order valence-electron chi connectivity index (χ2n) is 7.29. The number of nitrogens with two attached hydrogens (primary N) is 1. The number of nitrogens with one attached hydrogen (secondary N) is 1. The minimum absolute atomic E-state index is 0.169. The third-order valence-electron chi connectivity index (χ3n) is 5.29. The summed E-state index contributed by atoms with van der Waals surface area (Å²) in [7, 11) is 0. The Balaban J connectivity index is 1.77. The van der Waals surface area contributed by atoms with Crippen LogP contribution in [0, 0.1) is 12.3 Å². The Kier molecular flexibility index (Phi) is 5.86. The average Bonchev–Trinajstić information content (AvgIpc) is 3.39. The van der Waals surface area contributed by atoms with Gasteiger partial charge in [0.05, 0.1) is 16.7 Å². The SMILES string of the molecule is Cc1c(Cl)ccc(C(=N)c2nc(C(O)N3CC[C@@H](O)C3)c(-c3cccnc3)s2)c1N. The third kappa shape index (κ3) is 3.84. The van der Waals surface area contributed by atoms with Gasteiger partial charge in [0.25, 0.3) is 0 Å². The molecule has 9 heteroatoms. The van der Waals surface area contributed by atoms with Gasteiger partial charge in [0.2, 0.25) is 0 Å². The van der Waals surface area contributed by atoms with E-state index in [1.807, 2.05) is 19.1 Å². The lowest BCUT2D eigenvalue weighted by Gasteiger charge is -2.21. The highest BCUT2D eigenvalue weighted by atomic mass is 35.5. The lowest BCUT2D eigenvalue weighted by Crippen LogP contribution is -2.28. The Bertz CT molecular complexity index is 1090. The molecule has 156 valence electrons. The molecule has 1 aliphatic heterocycles. The number of aliphatic hydroxyl groups is 2. The molecule has 0 aliphatic carbocycles. The summed E-state index contributed by atoms with van der Waals surface area (Å²) < 4.78 is 0. The van der Waals surface area contributed by atoms with Crippen molar-refractivity contribution < 1.29 is 10.2 Å². The van der Waals surface area contributed by atoms with E-state index >= 15 is 0 Å². The molecule has 4 rings (SSSR count). The average molecular weight is 444 g/mol. The molecule has 0 saturated carbocycles. The van der Waals surface area contributed by atoms with Gasteiger partial charge < -0.3 is 15.9 Å². The summed E-state index contributed by atoms with van der Waals surface area (Å²) in [5.74, 6) is 0. The Morgan fingerprint density at radius 1 is 1.40 bits per heavy atom. The van der Waals surface area contributed by atoms with Crippen molar-refractivity contribution in [3.8, 4) is 10.4 Å². The van der Waals surface area contributed by atoms with Crippen LogP contribution in [0.4, 0.5) is 5.69 Å². The maximum atomic E-state index is 11.0. The summed E-state index contributed by atoms with van der Waals surface area (Å²) in [4.78, 5) is 11.3. The van der Waals surface area contributed by atoms with E-state index < -0.39 is 12.3 Å². The molecule has 30 heavy (non-hydrogen) atoms. The summed E-state index contributed by atoms with van der Waals surface area (Å²) in [5.41, 5.74) is 9.34. The maximum Gasteiger partial charge on any atom is 0.152 e. The normalized spacial score (nSPS) is 17.9. The number of pyridine rings is 1. The number of nitrogens with zero attached hydrogens (tertiary/aromatic N) is 3. The van der Waals surface area contributed by atoms with Crippen molar-refractivity contribution in [3.05, 3.63) is 63.5 Å². The van der Waals surface area contributed by atoms with Gasteiger partial charge in [-0.25, -0.2) is 4.98 Å². The molecule has 2 atom stereocenters. The first-order valence-electron chi connectivity index (χ1n) is 9.52. The quantitative estimate of drug-likeness (QED) is 0.355. The van der Waals surface area contributed by atoms with E-state index in [1.54, 1.807) is 29.4 Å². The summed E-state index contributed by atoms with van der Waals surface area (Å²) in [5, 5.41) is 30.6. The van der Waals surface area contributed by atoms with E-state index in [0.717, 1.165) is 10.4 Å². The smallest absolute Gasteiger partial charge is 0.152 e.